The fraction of sp³-hybridized carbons (Fsp3) is 0.889. The molecule has 3 nitrogen and oxygen atoms in total. The summed E-state index contributed by atoms with van der Waals surface area (Å²) in [4.78, 5) is 11.4. The van der Waals surface area contributed by atoms with Gasteiger partial charge in [-0.25, -0.2) is 8.42 Å². The molecule has 1 aliphatic rings. The highest BCUT2D eigenvalue weighted by atomic mass is 32.2. The Bertz CT molecular complexity index is 279. The summed E-state index contributed by atoms with van der Waals surface area (Å²) in [6.07, 6.45) is 2.76. The van der Waals surface area contributed by atoms with Crippen LogP contribution in [0.1, 0.15) is 32.6 Å². The van der Waals surface area contributed by atoms with Crippen molar-refractivity contribution in [2.45, 2.75) is 32.6 Å². The van der Waals surface area contributed by atoms with Crippen LogP contribution in [-0.2, 0) is 14.6 Å². The van der Waals surface area contributed by atoms with E-state index in [1.807, 2.05) is 6.92 Å². The van der Waals surface area contributed by atoms with E-state index >= 15 is 0 Å². The van der Waals surface area contributed by atoms with Crippen LogP contribution in [0.4, 0.5) is 0 Å². The van der Waals surface area contributed by atoms with Crippen molar-refractivity contribution in [2.75, 3.05) is 11.5 Å². The molecule has 1 rings (SSSR count). The molecule has 0 aliphatic carbocycles. The third-order valence-electron chi connectivity index (χ3n) is 2.41. The molecule has 1 heterocycles. The Labute approximate surface area is 79.4 Å². The van der Waals surface area contributed by atoms with Crippen molar-refractivity contribution in [2.24, 2.45) is 5.92 Å². The van der Waals surface area contributed by atoms with Gasteiger partial charge in [-0.15, -0.1) is 0 Å². The molecular formula is C9H16O3S. The molecule has 0 radical (unpaired) electrons. The van der Waals surface area contributed by atoms with Crippen LogP contribution in [-0.4, -0.2) is 25.7 Å². The van der Waals surface area contributed by atoms with Crippen LogP contribution < -0.4 is 0 Å². The predicted octanol–water partition coefficient (Wildman–Crippen LogP) is 1.18. The lowest BCUT2D eigenvalue weighted by Gasteiger charge is -2.20. The second-order valence-electron chi connectivity index (χ2n) is 3.67. The third kappa shape index (κ3) is 3.10. The second kappa shape index (κ2) is 4.22. The molecule has 76 valence electrons. The van der Waals surface area contributed by atoms with E-state index < -0.39 is 9.84 Å². The van der Waals surface area contributed by atoms with Gasteiger partial charge in [0.2, 0.25) is 0 Å². The van der Waals surface area contributed by atoms with E-state index in [2.05, 4.69) is 0 Å². The molecule has 1 fully saturated rings. The fourth-order valence-electron chi connectivity index (χ4n) is 1.73. The van der Waals surface area contributed by atoms with Crippen LogP contribution in [0.25, 0.3) is 0 Å². The van der Waals surface area contributed by atoms with Crippen LogP contribution in [0.2, 0.25) is 0 Å². The van der Waals surface area contributed by atoms with Crippen molar-refractivity contribution >= 4 is 15.6 Å². The Morgan fingerprint density at radius 3 is 2.69 bits per heavy atom. The number of ketones is 1. The van der Waals surface area contributed by atoms with Crippen LogP contribution in [0.3, 0.4) is 0 Å². The maximum atomic E-state index is 11.4. The summed E-state index contributed by atoms with van der Waals surface area (Å²) >= 11 is 0. The largest absolute Gasteiger partial charge is 0.299 e. The number of hydrogen-bond acceptors (Lipinski definition) is 3. The number of hydrogen-bond donors (Lipinski definition) is 0. The number of Topliss-reactive ketones (excluding diaryl/α,β-unsaturated/α-hetero) is 1. The predicted molar refractivity (Wildman–Crippen MR) is 51.3 cm³/mol. The molecular weight excluding hydrogens is 188 g/mol. The quantitative estimate of drug-likeness (QED) is 0.693. The van der Waals surface area contributed by atoms with Gasteiger partial charge in [0.25, 0.3) is 0 Å². The maximum absolute atomic E-state index is 11.4. The standard InChI is InChI=1S/C9H16O3S/c1-2-4-9(10)8-5-3-6-13(11,12)7-8/h8H,2-7H2,1H3. The van der Waals surface area contributed by atoms with E-state index in [1.54, 1.807) is 0 Å². The van der Waals surface area contributed by atoms with Crippen molar-refractivity contribution in [3.05, 3.63) is 0 Å². The fourth-order valence-corrected chi connectivity index (χ4v) is 3.47. The van der Waals surface area contributed by atoms with Crippen LogP contribution in [0.5, 0.6) is 0 Å². The Balaban J connectivity index is 2.57. The summed E-state index contributed by atoms with van der Waals surface area (Å²) in [6.45, 7) is 1.94. The third-order valence-corrected chi connectivity index (χ3v) is 4.24. The normalized spacial score (nSPS) is 27.0. The zero-order valence-electron chi connectivity index (χ0n) is 7.95. The van der Waals surface area contributed by atoms with Crippen molar-refractivity contribution in [3.63, 3.8) is 0 Å². The van der Waals surface area contributed by atoms with Gasteiger partial charge < -0.3 is 0 Å². The molecule has 1 aliphatic heterocycles. The lowest BCUT2D eigenvalue weighted by molar-refractivity contribution is -0.122. The van der Waals surface area contributed by atoms with Gasteiger partial charge in [0, 0.05) is 12.3 Å². The number of carbonyl (C=O) groups is 1. The van der Waals surface area contributed by atoms with Gasteiger partial charge >= 0.3 is 0 Å². The molecule has 0 spiro atoms. The average molecular weight is 204 g/mol. The summed E-state index contributed by atoms with van der Waals surface area (Å²) in [6, 6.07) is 0. The highest BCUT2D eigenvalue weighted by Gasteiger charge is 2.28. The van der Waals surface area contributed by atoms with Gasteiger partial charge in [-0.1, -0.05) is 6.92 Å². The first-order chi connectivity index (χ1) is 6.05. The Kier molecular flexibility index (Phi) is 3.47. The molecule has 1 unspecified atom stereocenters. The Morgan fingerprint density at radius 1 is 1.46 bits per heavy atom. The molecule has 0 bridgehead atoms. The summed E-state index contributed by atoms with van der Waals surface area (Å²) in [5.41, 5.74) is 0. The van der Waals surface area contributed by atoms with E-state index in [0.717, 1.165) is 12.8 Å². The van der Waals surface area contributed by atoms with E-state index in [4.69, 9.17) is 0 Å². The average Bonchev–Trinajstić information content (AvgIpc) is 2.03. The van der Waals surface area contributed by atoms with Crippen LogP contribution in [0, 0.1) is 5.92 Å². The van der Waals surface area contributed by atoms with Crippen molar-refractivity contribution in [3.8, 4) is 0 Å². The number of rotatable bonds is 3. The van der Waals surface area contributed by atoms with Gasteiger partial charge in [0.1, 0.15) is 5.78 Å². The van der Waals surface area contributed by atoms with Gasteiger partial charge in [-0.05, 0) is 19.3 Å². The number of carbonyl (C=O) groups excluding carboxylic acids is 1. The van der Waals surface area contributed by atoms with Gasteiger partial charge in [0.15, 0.2) is 9.84 Å². The van der Waals surface area contributed by atoms with E-state index in [1.165, 1.54) is 0 Å². The first-order valence-corrected chi connectivity index (χ1v) is 6.60. The van der Waals surface area contributed by atoms with E-state index in [-0.39, 0.29) is 23.2 Å². The molecule has 0 N–H and O–H groups in total. The first kappa shape index (κ1) is 10.7. The topological polar surface area (TPSA) is 51.2 Å². The summed E-state index contributed by atoms with van der Waals surface area (Å²) in [7, 11) is -2.92. The van der Waals surface area contributed by atoms with Crippen molar-refractivity contribution in [1.82, 2.24) is 0 Å². The minimum Gasteiger partial charge on any atom is -0.299 e. The molecule has 4 heteroatoms. The zero-order valence-corrected chi connectivity index (χ0v) is 8.77. The Hall–Kier alpha value is -0.380. The van der Waals surface area contributed by atoms with Gasteiger partial charge in [-0.2, -0.15) is 0 Å². The summed E-state index contributed by atoms with van der Waals surface area (Å²) < 4.78 is 22.4. The SMILES string of the molecule is CCCC(=O)C1CCCS(=O)(=O)C1. The van der Waals surface area contributed by atoms with Crippen molar-refractivity contribution in [1.29, 1.82) is 0 Å². The highest BCUT2D eigenvalue weighted by Crippen LogP contribution is 2.20. The van der Waals surface area contributed by atoms with Gasteiger partial charge in [-0.3, -0.25) is 4.79 Å². The van der Waals surface area contributed by atoms with Gasteiger partial charge in [0.05, 0.1) is 11.5 Å². The van der Waals surface area contributed by atoms with Crippen molar-refractivity contribution < 1.29 is 13.2 Å². The van der Waals surface area contributed by atoms with Crippen LogP contribution >= 0.6 is 0 Å². The Morgan fingerprint density at radius 2 is 2.15 bits per heavy atom. The summed E-state index contributed by atoms with van der Waals surface area (Å²) in [5, 5.41) is 0. The number of sulfone groups is 1. The monoisotopic (exact) mass is 204 g/mol. The minimum absolute atomic E-state index is 0.0891. The van der Waals surface area contributed by atoms with E-state index in [9.17, 15) is 13.2 Å². The molecule has 1 saturated heterocycles. The lowest BCUT2D eigenvalue weighted by Crippen LogP contribution is -2.30. The maximum Gasteiger partial charge on any atom is 0.151 e. The molecule has 0 amide bonds. The molecule has 0 aromatic heterocycles. The van der Waals surface area contributed by atoms with Crippen LogP contribution in [0.15, 0.2) is 0 Å². The highest BCUT2D eigenvalue weighted by molar-refractivity contribution is 7.91. The van der Waals surface area contributed by atoms with E-state index in [0.29, 0.717) is 12.8 Å². The molecule has 1 atom stereocenters. The molecule has 13 heavy (non-hydrogen) atoms. The molecule has 0 aromatic carbocycles. The molecule has 0 saturated carbocycles. The molecule has 0 aromatic rings. The minimum atomic E-state index is -2.92. The lowest BCUT2D eigenvalue weighted by atomic mass is 9.97. The zero-order chi connectivity index (χ0) is 9.90. The second-order valence-corrected chi connectivity index (χ2v) is 5.90. The smallest absolute Gasteiger partial charge is 0.151 e. The summed E-state index contributed by atoms with van der Waals surface area (Å²) in [5.74, 6) is 0.277. The first-order valence-electron chi connectivity index (χ1n) is 4.78.